The highest BCUT2D eigenvalue weighted by Gasteiger charge is 2.29. The van der Waals surface area contributed by atoms with E-state index in [1.807, 2.05) is 4.90 Å². The summed E-state index contributed by atoms with van der Waals surface area (Å²) >= 11 is 0. The number of nitrogens with zero attached hydrogens (tertiary/aromatic N) is 4. The summed E-state index contributed by atoms with van der Waals surface area (Å²) in [6.07, 6.45) is 3.17. The summed E-state index contributed by atoms with van der Waals surface area (Å²) in [4.78, 5) is 20.8. The minimum absolute atomic E-state index is 0.0961. The van der Waals surface area contributed by atoms with Gasteiger partial charge in [-0.1, -0.05) is 6.92 Å². The molecule has 0 amide bonds. The highest BCUT2D eigenvalue weighted by Crippen LogP contribution is 2.35. The number of nitro groups is 1. The van der Waals surface area contributed by atoms with Gasteiger partial charge in [0.05, 0.1) is 10.6 Å². The Labute approximate surface area is 142 Å². The standard InChI is InChI=1S/C16H17F2N5O2/c1-10-3-2-6-22(8-10)16-14(23(24)25)15(19-9-20-16)21-13-5-4-11(17)7-12(13)18/h4-5,7,9-10H,2-3,6,8H2,1H3,(H,19,20,21). The molecule has 1 aliphatic heterocycles. The second-order valence-corrected chi connectivity index (χ2v) is 6.09. The van der Waals surface area contributed by atoms with Gasteiger partial charge in [0.25, 0.3) is 0 Å². The molecule has 132 valence electrons. The Bertz CT molecular complexity index is 802. The molecular formula is C16H17F2N5O2. The fraction of sp³-hybridized carbons (Fsp3) is 0.375. The molecule has 0 bridgehead atoms. The van der Waals surface area contributed by atoms with Gasteiger partial charge < -0.3 is 10.2 Å². The first kappa shape index (κ1) is 17.0. The quantitative estimate of drug-likeness (QED) is 0.670. The molecule has 3 rings (SSSR count). The van der Waals surface area contributed by atoms with Crippen LogP contribution in [0.25, 0.3) is 0 Å². The van der Waals surface area contributed by atoms with Gasteiger partial charge >= 0.3 is 5.69 Å². The van der Waals surface area contributed by atoms with E-state index in [9.17, 15) is 18.9 Å². The van der Waals surface area contributed by atoms with E-state index in [-0.39, 0.29) is 23.0 Å². The van der Waals surface area contributed by atoms with Crippen molar-refractivity contribution < 1.29 is 13.7 Å². The second kappa shape index (κ2) is 6.96. The molecule has 2 heterocycles. The first-order valence-corrected chi connectivity index (χ1v) is 7.92. The van der Waals surface area contributed by atoms with Crippen molar-refractivity contribution >= 4 is 23.0 Å². The van der Waals surface area contributed by atoms with Crippen molar-refractivity contribution in [3.63, 3.8) is 0 Å². The van der Waals surface area contributed by atoms with Crippen LogP contribution in [0.1, 0.15) is 19.8 Å². The average Bonchev–Trinajstić information content (AvgIpc) is 2.57. The molecule has 9 heteroatoms. The maximum atomic E-state index is 13.8. The summed E-state index contributed by atoms with van der Waals surface area (Å²) in [7, 11) is 0. The average molecular weight is 349 g/mol. The summed E-state index contributed by atoms with van der Waals surface area (Å²) in [5.74, 6) is -1.12. The summed E-state index contributed by atoms with van der Waals surface area (Å²) in [5, 5.41) is 14.2. The van der Waals surface area contributed by atoms with Gasteiger partial charge in [-0.3, -0.25) is 10.1 Å². The number of hydrogen-bond donors (Lipinski definition) is 1. The zero-order chi connectivity index (χ0) is 18.0. The molecule has 0 saturated carbocycles. The van der Waals surface area contributed by atoms with Crippen LogP contribution in [0.5, 0.6) is 0 Å². The van der Waals surface area contributed by atoms with Gasteiger partial charge in [-0.2, -0.15) is 0 Å². The van der Waals surface area contributed by atoms with Gasteiger partial charge in [-0.05, 0) is 30.9 Å². The van der Waals surface area contributed by atoms with Crippen LogP contribution >= 0.6 is 0 Å². The van der Waals surface area contributed by atoms with Crippen molar-refractivity contribution in [2.45, 2.75) is 19.8 Å². The van der Waals surface area contributed by atoms with Crippen LogP contribution in [-0.2, 0) is 0 Å². The highest BCUT2D eigenvalue weighted by molar-refractivity contribution is 5.74. The second-order valence-electron chi connectivity index (χ2n) is 6.09. The van der Waals surface area contributed by atoms with Crippen molar-refractivity contribution in [3.05, 3.63) is 46.3 Å². The Morgan fingerprint density at radius 3 is 2.84 bits per heavy atom. The molecule has 0 radical (unpaired) electrons. The Hall–Kier alpha value is -2.84. The molecule has 0 aliphatic carbocycles. The molecule has 1 atom stereocenters. The summed E-state index contributed by atoms with van der Waals surface area (Å²) < 4.78 is 26.9. The zero-order valence-corrected chi connectivity index (χ0v) is 13.6. The molecule has 2 aromatic rings. The Balaban J connectivity index is 1.99. The summed E-state index contributed by atoms with van der Waals surface area (Å²) in [5.41, 5.74) is -0.415. The van der Waals surface area contributed by atoms with Gasteiger partial charge in [0.15, 0.2) is 0 Å². The van der Waals surface area contributed by atoms with Crippen LogP contribution in [0.2, 0.25) is 0 Å². The van der Waals surface area contributed by atoms with Gasteiger partial charge in [0.2, 0.25) is 11.6 Å². The van der Waals surface area contributed by atoms with Crippen LogP contribution in [0.4, 0.5) is 31.8 Å². The van der Waals surface area contributed by atoms with E-state index in [2.05, 4.69) is 22.2 Å². The molecule has 1 aliphatic rings. The van der Waals surface area contributed by atoms with E-state index >= 15 is 0 Å². The molecule has 1 fully saturated rings. The lowest BCUT2D eigenvalue weighted by molar-refractivity contribution is -0.383. The van der Waals surface area contributed by atoms with E-state index in [4.69, 9.17) is 0 Å². The van der Waals surface area contributed by atoms with Crippen molar-refractivity contribution in [2.24, 2.45) is 5.92 Å². The minimum Gasteiger partial charge on any atom is -0.350 e. The number of hydrogen-bond acceptors (Lipinski definition) is 6. The number of aromatic nitrogens is 2. The lowest BCUT2D eigenvalue weighted by Gasteiger charge is -2.31. The number of benzene rings is 1. The molecule has 1 saturated heterocycles. The molecule has 1 unspecified atom stereocenters. The smallest absolute Gasteiger partial charge is 0.350 e. The maximum absolute atomic E-state index is 13.8. The van der Waals surface area contributed by atoms with E-state index in [0.29, 0.717) is 25.1 Å². The van der Waals surface area contributed by atoms with Crippen molar-refractivity contribution in [1.29, 1.82) is 0 Å². The third-order valence-corrected chi connectivity index (χ3v) is 4.13. The maximum Gasteiger partial charge on any atom is 0.353 e. The number of nitrogens with one attached hydrogen (secondary N) is 1. The lowest BCUT2D eigenvalue weighted by atomic mass is 10.0. The summed E-state index contributed by atoms with van der Waals surface area (Å²) in [6.45, 7) is 3.39. The molecule has 25 heavy (non-hydrogen) atoms. The summed E-state index contributed by atoms with van der Waals surface area (Å²) in [6, 6.07) is 2.92. The molecule has 1 aromatic carbocycles. The monoisotopic (exact) mass is 349 g/mol. The third kappa shape index (κ3) is 3.65. The van der Waals surface area contributed by atoms with Crippen molar-refractivity contribution in [1.82, 2.24) is 9.97 Å². The van der Waals surface area contributed by atoms with Crippen molar-refractivity contribution in [3.8, 4) is 0 Å². The number of halogens is 2. The van der Waals surface area contributed by atoms with Crippen LogP contribution < -0.4 is 10.2 Å². The molecule has 1 aromatic heterocycles. The number of piperidine rings is 1. The van der Waals surface area contributed by atoms with Crippen LogP contribution in [0.3, 0.4) is 0 Å². The predicted molar refractivity (Wildman–Crippen MR) is 88.9 cm³/mol. The van der Waals surface area contributed by atoms with Gasteiger partial charge in [0.1, 0.15) is 18.0 Å². The molecule has 1 N–H and O–H groups in total. The largest absolute Gasteiger partial charge is 0.353 e. The molecule has 0 spiro atoms. The Kier molecular flexibility index (Phi) is 4.73. The SMILES string of the molecule is CC1CCCN(c2ncnc(Nc3ccc(F)cc3F)c2[N+](=O)[O-])C1. The Morgan fingerprint density at radius 2 is 2.16 bits per heavy atom. The van der Waals surface area contributed by atoms with Gasteiger partial charge in [0, 0.05) is 19.2 Å². The fourth-order valence-corrected chi connectivity index (χ4v) is 2.96. The predicted octanol–water partition coefficient (Wildman–Crippen LogP) is 3.64. The highest BCUT2D eigenvalue weighted by atomic mass is 19.1. The van der Waals surface area contributed by atoms with E-state index in [1.54, 1.807) is 0 Å². The first-order valence-electron chi connectivity index (χ1n) is 7.92. The topological polar surface area (TPSA) is 84.2 Å². The van der Waals surface area contributed by atoms with Crippen molar-refractivity contribution in [2.75, 3.05) is 23.3 Å². The van der Waals surface area contributed by atoms with Crippen LogP contribution in [0, 0.1) is 27.7 Å². The fourth-order valence-electron chi connectivity index (χ4n) is 2.96. The van der Waals surface area contributed by atoms with Crippen LogP contribution in [-0.4, -0.2) is 28.0 Å². The first-order chi connectivity index (χ1) is 12.0. The van der Waals surface area contributed by atoms with Gasteiger partial charge in [-0.25, -0.2) is 18.7 Å². The Morgan fingerprint density at radius 1 is 1.36 bits per heavy atom. The zero-order valence-electron chi connectivity index (χ0n) is 13.6. The van der Waals surface area contributed by atoms with Gasteiger partial charge in [-0.15, -0.1) is 0 Å². The lowest BCUT2D eigenvalue weighted by Crippen LogP contribution is -2.35. The number of rotatable bonds is 4. The minimum atomic E-state index is -0.860. The van der Waals surface area contributed by atoms with E-state index < -0.39 is 16.6 Å². The normalized spacial score (nSPS) is 17.4. The van der Waals surface area contributed by atoms with Crippen LogP contribution in [0.15, 0.2) is 24.5 Å². The number of anilines is 3. The molecular weight excluding hydrogens is 332 g/mol. The molecule has 7 nitrogen and oxygen atoms in total. The van der Waals surface area contributed by atoms with E-state index in [0.717, 1.165) is 18.9 Å². The third-order valence-electron chi connectivity index (χ3n) is 4.13. The van der Waals surface area contributed by atoms with E-state index in [1.165, 1.54) is 12.4 Å².